The topological polar surface area (TPSA) is 134 Å². The second-order valence-electron chi connectivity index (χ2n) is 9.20. The number of nitrogens with zero attached hydrogens (tertiary/aromatic N) is 2. The Hall–Kier alpha value is -3.82. The predicted molar refractivity (Wildman–Crippen MR) is 137 cm³/mol. The number of carbonyl (C=O) groups is 3. The molecule has 4 rings (SSSR count). The standard InChI is InChI=1S/C27H29FN4O6/c1-3-18-4-7-20(8-5-18)32(26(30)35)16-21(38-13-12-36-2)15-27(32,25(29)34)22-9-6-19(14-23(22)28)31-10-11-37-17-24(31)33/h1,4-9,14,21H,10-13,15-17H2,2H3,(H3-,29,30,34,35)/p+1/t21-,27-,32?/m1/s1. The molecule has 200 valence electrons. The minimum absolute atomic E-state index is 0.0828. The zero-order valence-electron chi connectivity index (χ0n) is 21.0. The van der Waals surface area contributed by atoms with Crippen molar-refractivity contribution in [3.63, 3.8) is 0 Å². The summed E-state index contributed by atoms with van der Waals surface area (Å²) >= 11 is 0. The summed E-state index contributed by atoms with van der Waals surface area (Å²) in [5.74, 6) is 0.406. The highest BCUT2D eigenvalue weighted by Gasteiger charge is 2.69. The Kier molecular flexibility index (Phi) is 7.80. The number of nitrogens with two attached hydrogens (primary N) is 2. The van der Waals surface area contributed by atoms with Gasteiger partial charge in [0.05, 0.1) is 25.4 Å². The van der Waals surface area contributed by atoms with E-state index in [1.54, 1.807) is 24.3 Å². The molecule has 11 heteroatoms. The third-order valence-corrected chi connectivity index (χ3v) is 7.25. The van der Waals surface area contributed by atoms with Gasteiger partial charge in [0.2, 0.25) is 5.54 Å². The number of quaternary nitrogens is 1. The van der Waals surface area contributed by atoms with Gasteiger partial charge in [0, 0.05) is 43.5 Å². The van der Waals surface area contributed by atoms with Gasteiger partial charge < -0.3 is 30.6 Å². The maximum Gasteiger partial charge on any atom is 0.420 e. The summed E-state index contributed by atoms with van der Waals surface area (Å²) in [5.41, 5.74) is 11.1. The largest absolute Gasteiger partial charge is 0.420 e. The number of hydrogen-bond acceptors (Lipinski definition) is 6. The molecule has 10 nitrogen and oxygen atoms in total. The van der Waals surface area contributed by atoms with E-state index < -0.39 is 33.9 Å². The lowest BCUT2D eigenvalue weighted by atomic mass is 9.82. The van der Waals surface area contributed by atoms with Crippen LogP contribution in [0.3, 0.4) is 0 Å². The van der Waals surface area contributed by atoms with Gasteiger partial charge >= 0.3 is 6.03 Å². The van der Waals surface area contributed by atoms with E-state index >= 15 is 4.39 Å². The van der Waals surface area contributed by atoms with Gasteiger partial charge in [0.25, 0.3) is 11.8 Å². The van der Waals surface area contributed by atoms with E-state index in [0.29, 0.717) is 23.5 Å². The van der Waals surface area contributed by atoms with Crippen LogP contribution >= 0.6 is 0 Å². The van der Waals surface area contributed by atoms with Crippen molar-refractivity contribution in [1.29, 1.82) is 0 Å². The van der Waals surface area contributed by atoms with E-state index in [9.17, 15) is 14.4 Å². The van der Waals surface area contributed by atoms with Gasteiger partial charge in [-0.2, -0.15) is 4.48 Å². The molecule has 4 amide bonds. The average molecular weight is 526 g/mol. The first kappa shape index (κ1) is 27.2. The Labute approximate surface area is 219 Å². The van der Waals surface area contributed by atoms with E-state index in [1.165, 1.54) is 24.1 Å². The quantitative estimate of drug-likeness (QED) is 0.304. The van der Waals surface area contributed by atoms with E-state index in [1.807, 2.05) is 0 Å². The molecule has 0 aliphatic carbocycles. The number of ether oxygens (including phenoxy) is 3. The Morgan fingerprint density at radius 3 is 2.55 bits per heavy atom. The number of benzene rings is 2. The lowest BCUT2D eigenvalue weighted by molar-refractivity contribution is -0.128. The SMILES string of the molecule is C#Cc1ccc([N+]2(C(N)=O)C[C@H](OCCOC)C[C@]2(C(N)=O)c2ccc(N3CCOCC3=O)cc2F)cc1. The molecule has 2 aliphatic heterocycles. The first-order valence-corrected chi connectivity index (χ1v) is 12.0. The second-order valence-corrected chi connectivity index (χ2v) is 9.20. The highest BCUT2D eigenvalue weighted by molar-refractivity contribution is 6.00. The maximum absolute atomic E-state index is 16.0. The summed E-state index contributed by atoms with van der Waals surface area (Å²) < 4.78 is 31.4. The molecular weight excluding hydrogens is 495 g/mol. The lowest BCUT2D eigenvalue weighted by Gasteiger charge is -2.43. The normalized spacial score (nSPS) is 25.2. The van der Waals surface area contributed by atoms with Crippen LogP contribution in [0.25, 0.3) is 0 Å². The Morgan fingerprint density at radius 1 is 1.24 bits per heavy atom. The Morgan fingerprint density at radius 2 is 1.97 bits per heavy atom. The minimum Gasteiger partial charge on any atom is -0.382 e. The van der Waals surface area contributed by atoms with E-state index in [4.69, 9.17) is 32.1 Å². The van der Waals surface area contributed by atoms with Crippen LogP contribution in [0, 0.1) is 18.2 Å². The summed E-state index contributed by atoms with van der Waals surface area (Å²) in [5, 5.41) is 0. The van der Waals surface area contributed by atoms with Crippen molar-refractivity contribution >= 4 is 29.2 Å². The fraction of sp³-hybridized carbons (Fsp3) is 0.370. The molecule has 2 saturated heterocycles. The van der Waals surface area contributed by atoms with Crippen LogP contribution in [-0.4, -0.2) is 70.6 Å². The van der Waals surface area contributed by atoms with Crippen molar-refractivity contribution in [1.82, 2.24) is 4.48 Å². The number of carbonyl (C=O) groups excluding carboxylic acids is 3. The molecular formula is C27H30FN4O6+. The van der Waals surface area contributed by atoms with E-state index in [0.717, 1.165) is 6.07 Å². The number of methoxy groups -OCH3 is 1. The first-order chi connectivity index (χ1) is 18.2. The maximum atomic E-state index is 16.0. The molecule has 0 aromatic heterocycles. The van der Waals surface area contributed by atoms with Gasteiger partial charge in [-0.05, 0) is 30.3 Å². The van der Waals surface area contributed by atoms with Crippen molar-refractivity contribution in [2.75, 3.05) is 51.5 Å². The molecule has 4 N–H and O–H groups in total. The van der Waals surface area contributed by atoms with Crippen molar-refractivity contribution in [2.45, 2.75) is 18.1 Å². The third-order valence-electron chi connectivity index (χ3n) is 7.25. The highest BCUT2D eigenvalue weighted by atomic mass is 19.1. The van der Waals surface area contributed by atoms with Gasteiger partial charge in [-0.25, -0.2) is 9.18 Å². The monoisotopic (exact) mass is 525 g/mol. The molecule has 2 aromatic rings. The summed E-state index contributed by atoms with van der Waals surface area (Å²) in [4.78, 5) is 40.5. The lowest BCUT2D eigenvalue weighted by Crippen LogP contribution is -2.70. The van der Waals surface area contributed by atoms with Crippen LogP contribution in [0.1, 0.15) is 17.5 Å². The second kappa shape index (κ2) is 10.9. The van der Waals surface area contributed by atoms with E-state index in [-0.39, 0.29) is 50.8 Å². The van der Waals surface area contributed by atoms with Crippen molar-refractivity contribution in [2.24, 2.45) is 11.5 Å². The van der Waals surface area contributed by atoms with Gasteiger partial charge in [-0.1, -0.05) is 5.92 Å². The number of morpholine rings is 1. The molecule has 2 heterocycles. The number of primary amides is 2. The molecule has 2 fully saturated rings. The fourth-order valence-electron chi connectivity index (χ4n) is 5.50. The zero-order chi connectivity index (χ0) is 27.5. The number of amides is 4. The molecule has 0 bridgehead atoms. The van der Waals surface area contributed by atoms with Crippen LogP contribution in [0.15, 0.2) is 42.5 Å². The molecule has 0 radical (unpaired) electrons. The molecule has 2 aromatic carbocycles. The third kappa shape index (κ3) is 4.41. The molecule has 0 spiro atoms. The average Bonchev–Trinajstić information content (AvgIpc) is 3.26. The van der Waals surface area contributed by atoms with Crippen molar-refractivity contribution in [3.05, 3.63) is 59.4 Å². The Balaban J connectivity index is 1.91. The van der Waals surface area contributed by atoms with Crippen LogP contribution in [0.5, 0.6) is 0 Å². The number of urea groups is 1. The van der Waals surface area contributed by atoms with Gasteiger partial charge in [-0.3, -0.25) is 9.59 Å². The number of hydrogen-bond donors (Lipinski definition) is 2. The summed E-state index contributed by atoms with van der Waals surface area (Å²) in [6.45, 7) is 0.785. The fourth-order valence-corrected chi connectivity index (χ4v) is 5.50. The molecule has 38 heavy (non-hydrogen) atoms. The number of rotatable bonds is 8. The van der Waals surface area contributed by atoms with Crippen LogP contribution in [0.2, 0.25) is 0 Å². The van der Waals surface area contributed by atoms with Gasteiger partial charge in [0.15, 0.2) is 0 Å². The van der Waals surface area contributed by atoms with Crippen molar-refractivity contribution < 1.29 is 33.0 Å². The number of terminal acetylenes is 1. The first-order valence-electron chi connectivity index (χ1n) is 12.0. The molecule has 2 aliphatic rings. The predicted octanol–water partition coefficient (Wildman–Crippen LogP) is 1.37. The van der Waals surface area contributed by atoms with Crippen LogP contribution in [0.4, 0.5) is 20.6 Å². The summed E-state index contributed by atoms with van der Waals surface area (Å²) in [6, 6.07) is 9.49. The summed E-state index contributed by atoms with van der Waals surface area (Å²) in [6.07, 6.45) is 4.67. The number of halogens is 1. The Bertz CT molecular complexity index is 1280. The van der Waals surface area contributed by atoms with Gasteiger partial charge in [0.1, 0.15) is 30.8 Å². The zero-order valence-corrected chi connectivity index (χ0v) is 21.0. The van der Waals surface area contributed by atoms with Crippen molar-refractivity contribution in [3.8, 4) is 12.3 Å². The summed E-state index contributed by atoms with van der Waals surface area (Å²) in [7, 11) is 1.51. The highest BCUT2D eigenvalue weighted by Crippen LogP contribution is 2.50. The molecule has 1 unspecified atom stereocenters. The number of anilines is 1. The van der Waals surface area contributed by atoms with Gasteiger partial charge in [-0.15, -0.1) is 6.42 Å². The van der Waals surface area contributed by atoms with Crippen LogP contribution < -0.4 is 20.9 Å². The molecule has 0 saturated carbocycles. The molecule has 3 atom stereocenters. The van der Waals surface area contributed by atoms with E-state index in [2.05, 4.69) is 5.92 Å². The number of likely N-dealkylation sites (tertiary alicyclic amines) is 1. The smallest absolute Gasteiger partial charge is 0.382 e. The van der Waals surface area contributed by atoms with Crippen LogP contribution in [-0.2, 0) is 29.3 Å². The minimum atomic E-state index is -1.96.